The molecule has 2 heteroatoms. The lowest BCUT2D eigenvalue weighted by Gasteiger charge is -2.16. The second-order valence-corrected chi connectivity index (χ2v) is 6.89. The molecule has 2 aromatic rings. The van der Waals surface area contributed by atoms with Crippen molar-refractivity contribution in [2.24, 2.45) is 22.5 Å². The van der Waals surface area contributed by atoms with Crippen LogP contribution in [0.5, 0.6) is 0 Å². The summed E-state index contributed by atoms with van der Waals surface area (Å²) in [6.45, 7) is 9.29. The van der Waals surface area contributed by atoms with Crippen LogP contribution in [0.25, 0.3) is 10.8 Å². The molecule has 1 heterocycles. The molecular formula is C17H22N2. The minimum absolute atomic E-state index is 0.0936. The zero-order chi connectivity index (χ0) is 13.8. The molecule has 1 atom stereocenters. The van der Waals surface area contributed by atoms with Gasteiger partial charge in [0.2, 0.25) is 0 Å². The molecule has 0 saturated heterocycles. The Balaban J connectivity index is 2.07. The van der Waals surface area contributed by atoms with E-state index in [1.165, 1.54) is 16.3 Å². The van der Waals surface area contributed by atoms with E-state index in [2.05, 4.69) is 56.9 Å². The number of fused-ring (bicyclic) bond motifs is 1. The summed E-state index contributed by atoms with van der Waals surface area (Å²) < 4.78 is 0. The normalized spacial score (nSPS) is 22.4. The Kier molecular flexibility index (Phi) is 2.52. The van der Waals surface area contributed by atoms with Crippen LogP contribution in [0, 0.1) is 16.7 Å². The van der Waals surface area contributed by atoms with E-state index in [-0.39, 0.29) is 6.04 Å². The van der Waals surface area contributed by atoms with Gasteiger partial charge in [-0.3, -0.25) is 4.98 Å². The Hall–Kier alpha value is -1.41. The van der Waals surface area contributed by atoms with Crippen LogP contribution in [0.15, 0.2) is 36.7 Å². The summed E-state index contributed by atoms with van der Waals surface area (Å²) in [7, 11) is 0. The van der Waals surface area contributed by atoms with Gasteiger partial charge >= 0.3 is 0 Å². The third-order valence-corrected chi connectivity index (χ3v) is 5.57. The number of rotatable bonds is 2. The Morgan fingerprint density at radius 2 is 1.79 bits per heavy atom. The quantitative estimate of drug-likeness (QED) is 0.882. The molecule has 3 rings (SSSR count). The largest absolute Gasteiger partial charge is 0.324 e. The van der Waals surface area contributed by atoms with E-state index in [9.17, 15) is 0 Å². The van der Waals surface area contributed by atoms with Crippen molar-refractivity contribution in [2.75, 3.05) is 0 Å². The number of hydrogen-bond donors (Lipinski definition) is 1. The fourth-order valence-electron chi connectivity index (χ4n) is 3.76. The molecule has 1 fully saturated rings. The number of benzene rings is 1. The zero-order valence-corrected chi connectivity index (χ0v) is 12.1. The molecule has 2 nitrogen and oxygen atoms in total. The van der Waals surface area contributed by atoms with Crippen LogP contribution in [-0.2, 0) is 0 Å². The first-order valence-corrected chi connectivity index (χ1v) is 6.95. The molecule has 1 aromatic carbocycles. The molecule has 0 amide bonds. The summed E-state index contributed by atoms with van der Waals surface area (Å²) in [5.41, 5.74) is 8.46. The van der Waals surface area contributed by atoms with E-state index in [1.807, 2.05) is 12.4 Å². The van der Waals surface area contributed by atoms with Crippen molar-refractivity contribution in [3.05, 3.63) is 42.2 Å². The van der Waals surface area contributed by atoms with Crippen LogP contribution in [0.2, 0.25) is 0 Å². The van der Waals surface area contributed by atoms with Crippen LogP contribution in [0.1, 0.15) is 39.3 Å². The van der Waals surface area contributed by atoms with Gasteiger partial charge in [-0.1, -0.05) is 45.9 Å². The fraction of sp³-hybridized carbons (Fsp3) is 0.471. The summed E-state index contributed by atoms with van der Waals surface area (Å²) in [6.07, 6.45) is 3.76. The summed E-state index contributed by atoms with van der Waals surface area (Å²) in [4.78, 5) is 4.19. The van der Waals surface area contributed by atoms with Crippen molar-refractivity contribution in [3.8, 4) is 0 Å². The van der Waals surface area contributed by atoms with Crippen LogP contribution in [0.4, 0.5) is 0 Å². The molecule has 1 saturated carbocycles. The lowest BCUT2D eigenvalue weighted by Crippen LogP contribution is -2.16. The minimum atomic E-state index is 0.0936. The van der Waals surface area contributed by atoms with Crippen molar-refractivity contribution in [2.45, 2.75) is 33.7 Å². The molecule has 1 aliphatic rings. The standard InChI is InChI=1S/C17H22N2/c1-16(2)15(17(16,3)4)14(18)13-7-5-6-11-10-19-9-8-12(11)13/h5-10,14-15H,18H2,1-4H3. The maximum Gasteiger partial charge on any atom is 0.0346 e. The number of pyridine rings is 1. The second kappa shape index (κ2) is 3.80. The molecule has 1 aromatic heterocycles. The van der Waals surface area contributed by atoms with Gasteiger partial charge in [-0.25, -0.2) is 0 Å². The summed E-state index contributed by atoms with van der Waals surface area (Å²) in [5, 5.41) is 2.41. The minimum Gasteiger partial charge on any atom is -0.324 e. The van der Waals surface area contributed by atoms with E-state index >= 15 is 0 Å². The monoisotopic (exact) mass is 254 g/mol. The number of hydrogen-bond acceptors (Lipinski definition) is 2. The first kappa shape index (κ1) is 12.6. The van der Waals surface area contributed by atoms with Gasteiger partial charge < -0.3 is 5.73 Å². The van der Waals surface area contributed by atoms with Crippen LogP contribution in [0.3, 0.4) is 0 Å². The molecule has 100 valence electrons. The molecule has 2 N–H and O–H groups in total. The predicted octanol–water partition coefficient (Wildman–Crippen LogP) is 3.92. The third kappa shape index (κ3) is 1.63. The van der Waals surface area contributed by atoms with Crippen molar-refractivity contribution in [1.29, 1.82) is 0 Å². The van der Waals surface area contributed by atoms with Crippen molar-refractivity contribution < 1.29 is 0 Å². The topological polar surface area (TPSA) is 38.9 Å². The van der Waals surface area contributed by atoms with Crippen LogP contribution in [-0.4, -0.2) is 4.98 Å². The van der Waals surface area contributed by atoms with Crippen LogP contribution >= 0.6 is 0 Å². The Bertz CT molecular complexity index is 609. The molecule has 1 unspecified atom stereocenters. The average molecular weight is 254 g/mol. The predicted molar refractivity (Wildman–Crippen MR) is 79.7 cm³/mol. The highest BCUT2D eigenvalue weighted by Crippen LogP contribution is 2.71. The van der Waals surface area contributed by atoms with E-state index in [4.69, 9.17) is 5.73 Å². The summed E-state index contributed by atoms with van der Waals surface area (Å²) in [6, 6.07) is 8.52. The van der Waals surface area contributed by atoms with E-state index in [0.29, 0.717) is 16.7 Å². The SMILES string of the molecule is CC1(C)C(C(N)c2cccc3cnccc23)C1(C)C. The first-order chi connectivity index (χ1) is 8.87. The van der Waals surface area contributed by atoms with Gasteiger partial charge in [-0.15, -0.1) is 0 Å². The Morgan fingerprint density at radius 1 is 1.11 bits per heavy atom. The van der Waals surface area contributed by atoms with Crippen molar-refractivity contribution >= 4 is 10.8 Å². The Labute approximate surface area is 115 Å². The highest BCUT2D eigenvalue weighted by molar-refractivity contribution is 5.85. The van der Waals surface area contributed by atoms with Crippen molar-refractivity contribution in [1.82, 2.24) is 4.98 Å². The lowest BCUT2D eigenvalue weighted by molar-refractivity contribution is 0.457. The molecule has 0 spiro atoms. The van der Waals surface area contributed by atoms with E-state index < -0.39 is 0 Å². The van der Waals surface area contributed by atoms with Gasteiger partial charge in [0.1, 0.15) is 0 Å². The van der Waals surface area contributed by atoms with Gasteiger partial charge in [0, 0.05) is 23.8 Å². The molecule has 0 aliphatic heterocycles. The van der Waals surface area contributed by atoms with E-state index in [0.717, 1.165) is 0 Å². The molecule has 1 aliphatic carbocycles. The summed E-state index contributed by atoms with van der Waals surface area (Å²) in [5.74, 6) is 0.527. The van der Waals surface area contributed by atoms with Gasteiger partial charge in [0.05, 0.1) is 0 Å². The summed E-state index contributed by atoms with van der Waals surface area (Å²) >= 11 is 0. The maximum absolute atomic E-state index is 6.60. The number of aromatic nitrogens is 1. The average Bonchev–Trinajstić information content (AvgIpc) is 2.78. The molecule has 0 bridgehead atoms. The highest BCUT2D eigenvalue weighted by atomic mass is 14.8. The second-order valence-electron chi connectivity index (χ2n) is 6.89. The van der Waals surface area contributed by atoms with E-state index in [1.54, 1.807) is 0 Å². The fourth-order valence-corrected chi connectivity index (χ4v) is 3.76. The maximum atomic E-state index is 6.60. The lowest BCUT2D eigenvalue weighted by atomic mass is 9.93. The zero-order valence-electron chi connectivity index (χ0n) is 12.1. The van der Waals surface area contributed by atoms with Gasteiger partial charge in [-0.05, 0) is 33.8 Å². The number of nitrogens with zero attached hydrogens (tertiary/aromatic N) is 1. The Morgan fingerprint density at radius 3 is 2.42 bits per heavy atom. The highest BCUT2D eigenvalue weighted by Gasteiger charge is 2.66. The van der Waals surface area contributed by atoms with Gasteiger partial charge in [0.15, 0.2) is 0 Å². The molecular weight excluding hydrogens is 232 g/mol. The third-order valence-electron chi connectivity index (χ3n) is 5.57. The number of nitrogens with two attached hydrogens (primary N) is 1. The van der Waals surface area contributed by atoms with Gasteiger partial charge in [0.25, 0.3) is 0 Å². The molecule has 19 heavy (non-hydrogen) atoms. The molecule has 0 radical (unpaired) electrons. The first-order valence-electron chi connectivity index (χ1n) is 6.95. The van der Waals surface area contributed by atoms with Crippen molar-refractivity contribution in [3.63, 3.8) is 0 Å². The smallest absolute Gasteiger partial charge is 0.0346 e. The van der Waals surface area contributed by atoms with Crippen LogP contribution < -0.4 is 5.73 Å². The van der Waals surface area contributed by atoms with Gasteiger partial charge in [-0.2, -0.15) is 0 Å².